The topological polar surface area (TPSA) is 74.6 Å². The minimum atomic E-state index is -0.935. The SMILES string of the molecule is C=C(C)C(=O)O.C=C(C)C(=O)O.F.c1ccccc1.c1ccccc1. The first-order valence-corrected chi connectivity index (χ1v) is 7.06. The molecule has 2 aromatic carbocycles. The Morgan fingerprint density at radius 2 is 0.640 bits per heavy atom. The van der Waals surface area contributed by atoms with E-state index in [1.54, 1.807) is 0 Å². The molecule has 0 saturated carbocycles. The summed E-state index contributed by atoms with van der Waals surface area (Å²) in [6, 6.07) is 24.0. The van der Waals surface area contributed by atoms with E-state index in [9.17, 15) is 9.59 Å². The van der Waals surface area contributed by atoms with Crippen molar-refractivity contribution in [3.8, 4) is 0 Å². The smallest absolute Gasteiger partial charge is 0.330 e. The van der Waals surface area contributed by atoms with Gasteiger partial charge in [0.05, 0.1) is 0 Å². The summed E-state index contributed by atoms with van der Waals surface area (Å²) >= 11 is 0. The van der Waals surface area contributed by atoms with Gasteiger partial charge in [-0.3, -0.25) is 4.70 Å². The molecule has 0 aliphatic rings. The van der Waals surface area contributed by atoms with E-state index in [1.165, 1.54) is 13.8 Å². The zero-order valence-electron chi connectivity index (χ0n) is 14.5. The van der Waals surface area contributed by atoms with Crippen molar-refractivity contribution >= 4 is 11.9 Å². The Labute approximate surface area is 148 Å². The van der Waals surface area contributed by atoms with Gasteiger partial charge in [-0.15, -0.1) is 0 Å². The van der Waals surface area contributed by atoms with Crippen LogP contribution in [0.3, 0.4) is 0 Å². The van der Waals surface area contributed by atoms with Crippen molar-refractivity contribution in [2.75, 3.05) is 0 Å². The molecular weight excluding hydrogens is 323 g/mol. The van der Waals surface area contributed by atoms with Gasteiger partial charge in [0, 0.05) is 11.1 Å². The third-order valence-corrected chi connectivity index (χ3v) is 2.06. The van der Waals surface area contributed by atoms with Crippen LogP contribution in [0.5, 0.6) is 0 Å². The van der Waals surface area contributed by atoms with E-state index >= 15 is 0 Å². The fraction of sp³-hybridized carbons (Fsp3) is 0.100. The molecule has 0 unspecified atom stereocenters. The third-order valence-electron chi connectivity index (χ3n) is 2.06. The highest BCUT2D eigenvalue weighted by atomic mass is 19.0. The summed E-state index contributed by atoms with van der Waals surface area (Å²) in [4.78, 5) is 19.2. The molecule has 0 aliphatic carbocycles. The molecule has 0 aliphatic heterocycles. The molecule has 5 heteroatoms. The number of carboxylic acid groups (broad SMARTS) is 2. The number of aliphatic carboxylic acids is 2. The van der Waals surface area contributed by atoms with E-state index in [0.717, 1.165) is 0 Å². The molecule has 4 nitrogen and oxygen atoms in total. The monoisotopic (exact) mass is 348 g/mol. The number of carbonyl (C=O) groups is 2. The standard InChI is InChI=1S/2C6H6.2C4H6O2.FH/c2*1-2-4-6-5-3-1;2*1-3(2)4(5)6;/h2*1-6H;2*1H2,2H3,(H,5,6);1H. The second-order valence-corrected chi connectivity index (χ2v) is 4.48. The van der Waals surface area contributed by atoms with Crippen LogP contribution in [-0.2, 0) is 9.59 Å². The number of benzene rings is 2. The van der Waals surface area contributed by atoms with Gasteiger partial charge in [-0.05, 0) is 13.8 Å². The summed E-state index contributed by atoms with van der Waals surface area (Å²) in [7, 11) is 0. The molecule has 2 aromatic rings. The lowest BCUT2D eigenvalue weighted by Gasteiger charge is -1.79. The lowest BCUT2D eigenvalue weighted by atomic mass is 10.4. The minimum Gasteiger partial charge on any atom is -0.478 e. The van der Waals surface area contributed by atoms with Gasteiger partial charge < -0.3 is 10.2 Å². The fourth-order valence-corrected chi connectivity index (χ4v) is 0.770. The molecule has 0 atom stereocenters. The summed E-state index contributed by atoms with van der Waals surface area (Å²) in [6.45, 7) is 9.20. The van der Waals surface area contributed by atoms with Crippen LogP contribution in [0, 0.1) is 0 Å². The normalized spacial score (nSPS) is 7.44. The molecule has 0 bridgehead atoms. The molecule has 0 aromatic heterocycles. The molecule has 0 fully saturated rings. The number of rotatable bonds is 2. The van der Waals surface area contributed by atoms with Crippen molar-refractivity contribution in [1.82, 2.24) is 0 Å². The Morgan fingerprint density at radius 3 is 0.680 bits per heavy atom. The summed E-state index contributed by atoms with van der Waals surface area (Å²) in [5, 5.41) is 15.8. The fourth-order valence-electron chi connectivity index (χ4n) is 0.770. The molecule has 2 N–H and O–H groups in total. The Hall–Kier alpha value is -3.21. The Balaban J connectivity index is -0.000000255. The van der Waals surface area contributed by atoms with Crippen molar-refractivity contribution < 1.29 is 24.5 Å². The molecule has 0 spiro atoms. The maximum absolute atomic E-state index is 9.60. The van der Waals surface area contributed by atoms with Crippen LogP contribution in [0.1, 0.15) is 13.8 Å². The van der Waals surface area contributed by atoms with Gasteiger partial charge in [0.15, 0.2) is 0 Å². The predicted octanol–water partition coefficient (Wildman–Crippen LogP) is 4.82. The number of carboxylic acids is 2. The third kappa shape index (κ3) is 26.0. The quantitative estimate of drug-likeness (QED) is 0.763. The Morgan fingerprint density at radius 1 is 0.560 bits per heavy atom. The van der Waals surface area contributed by atoms with Crippen molar-refractivity contribution in [1.29, 1.82) is 0 Å². The lowest BCUT2D eigenvalue weighted by Crippen LogP contribution is -1.92. The highest BCUT2D eigenvalue weighted by Crippen LogP contribution is 1.82. The second kappa shape index (κ2) is 18.8. The lowest BCUT2D eigenvalue weighted by molar-refractivity contribution is -0.133. The molecule has 0 amide bonds. The first-order valence-electron chi connectivity index (χ1n) is 7.06. The zero-order chi connectivity index (χ0) is 18.8. The van der Waals surface area contributed by atoms with Gasteiger partial charge >= 0.3 is 11.9 Å². The van der Waals surface area contributed by atoms with Gasteiger partial charge in [-0.2, -0.15) is 0 Å². The summed E-state index contributed by atoms with van der Waals surface area (Å²) in [5.41, 5.74) is 0.352. The van der Waals surface area contributed by atoms with E-state index in [-0.39, 0.29) is 15.9 Å². The maximum atomic E-state index is 9.60. The van der Waals surface area contributed by atoms with Crippen molar-refractivity contribution in [3.63, 3.8) is 0 Å². The Kier molecular flexibility index (Phi) is 20.1. The molecule has 2 rings (SSSR count). The maximum Gasteiger partial charge on any atom is 0.330 e. The van der Waals surface area contributed by atoms with Gasteiger partial charge in [0.25, 0.3) is 0 Å². The highest BCUT2D eigenvalue weighted by Gasteiger charge is 1.90. The van der Waals surface area contributed by atoms with Gasteiger partial charge in [-0.25, -0.2) is 9.59 Å². The first kappa shape index (κ1) is 26.7. The molecule has 136 valence electrons. The molecule has 25 heavy (non-hydrogen) atoms. The molecular formula is C20H25FO4. The highest BCUT2D eigenvalue weighted by molar-refractivity contribution is 5.85. The van der Waals surface area contributed by atoms with Crippen LogP contribution in [0.4, 0.5) is 4.70 Å². The summed E-state index contributed by atoms with van der Waals surface area (Å²) < 4.78 is 0. The van der Waals surface area contributed by atoms with Crippen LogP contribution in [0.25, 0.3) is 0 Å². The number of hydrogen-bond donors (Lipinski definition) is 2. The molecule has 0 radical (unpaired) electrons. The molecule has 0 saturated heterocycles. The summed E-state index contributed by atoms with van der Waals surface area (Å²) in [6.07, 6.45) is 0. The van der Waals surface area contributed by atoms with Crippen LogP contribution in [0.15, 0.2) is 97.1 Å². The average Bonchev–Trinajstić information content (AvgIpc) is 2.59. The van der Waals surface area contributed by atoms with Gasteiger partial charge in [0.2, 0.25) is 0 Å². The largest absolute Gasteiger partial charge is 0.478 e. The first-order chi connectivity index (χ1) is 11.3. The zero-order valence-corrected chi connectivity index (χ0v) is 14.5. The van der Waals surface area contributed by atoms with E-state index in [0.29, 0.717) is 0 Å². The Bertz CT molecular complexity index is 463. The van der Waals surface area contributed by atoms with Crippen LogP contribution in [0.2, 0.25) is 0 Å². The van der Waals surface area contributed by atoms with Crippen molar-refractivity contribution in [2.45, 2.75) is 13.8 Å². The van der Waals surface area contributed by atoms with E-state index in [2.05, 4.69) is 13.2 Å². The number of halogens is 1. The summed E-state index contributed by atoms with van der Waals surface area (Å²) in [5.74, 6) is -1.87. The predicted molar refractivity (Wildman–Crippen MR) is 100 cm³/mol. The number of hydrogen-bond acceptors (Lipinski definition) is 2. The van der Waals surface area contributed by atoms with Crippen LogP contribution < -0.4 is 0 Å². The van der Waals surface area contributed by atoms with E-state index < -0.39 is 11.9 Å². The van der Waals surface area contributed by atoms with E-state index in [1.807, 2.05) is 72.8 Å². The van der Waals surface area contributed by atoms with E-state index in [4.69, 9.17) is 10.2 Å². The van der Waals surface area contributed by atoms with Gasteiger partial charge in [-0.1, -0.05) is 86.0 Å². The van der Waals surface area contributed by atoms with Gasteiger partial charge in [0.1, 0.15) is 0 Å². The van der Waals surface area contributed by atoms with Crippen LogP contribution in [-0.4, -0.2) is 22.2 Å². The average molecular weight is 348 g/mol. The van der Waals surface area contributed by atoms with Crippen molar-refractivity contribution in [2.24, 2.45) is 0 Å². The van der Waals surface area contributed by atoms with Crippen LogP contribution >= 0.6 is 0 Å². The molecule has 0 heterocycles. The minimum absolute atomic E-state index is 0. The second-order valence-electron chi connectivity index (χ2n) is 4.48. The van der Waals surface area contributed by atoms with Crippen molar-refractivity contribution in [3.05, 3.63) is 97.1 Å².